The van der Waals surface area contributed by atoms with Crippen LogP contribution in [0.1, 0.15) is 41.6 Å². The number of carbonyl (C=O) groups is 2. The van der Waals surface area contributed by atoms with E-state index in [4.69, 9.17) is 5.73 Å². The van der Waals surface area contributed by atoms with Crippen molar-refractivity contribution in [1.29, 1.82) is 0 Å². The van der Waals surface area contributed by atoms with E-state index >= 15 is 0 Å². The molecule has 4 rings (SSSR count). The molecule has 1 aromatic heterocycles. The number of amides is 2. The lowest BCUT2D eigenvalue weighted by Gasteiger charge is -2.31. The van der Waals surface area contributed by atoms with Gasteiger partial charge in [-0.05, 0) is 47.4 Å². The third-order valence-corrected chi connectivity index (χ3v) is 5.68. The molecule has 0 atom stereocenters. The van der Waals surface area contributed by atoms with Crippen LogP contribution < -0.4 is 5.73 Å². The summed E-state index contributed by atoms with van der Waals surface area (Å²) >= 11 is 0. The smallest absolute Gasteiger partial charge is 0.248 e. The molecule has 1 aliphatic rings. The molecule has 28 heavy (non-hydrogen) atoms. The molecular formula is C23H23N3O2. The molecule has 0 unspecified atom stereocenters. The van der Waals surface area contributed by atoms with E-state index in [2.05, 4.69) is 29.2 Å². The zero-order valence-corrected chi connectivity index (χ0v) is 15.9. The van der Waals surface area contributed by atoms with Crippen molar-refractivity contribution in [3.05, 3.63) is 66.0 Å². The maximum Gasteiger partial charge on any atom is 0.248 e. The number of likely N-dealkylation sites (tertiary alicyclic amines) is 1. The van der Waals surface area contributed by atoms with E-state index in [1.54, 1.807) is 19.2 Å². The standard InChI is InChI=1S/C23H23N3O2/c1-15(27)26-10-8-17(9-11-26)16-2-4-18(5-3-16)22-14-25-13-20-7-6-19(23(24)28)12-21(20)22/h2-7,12-14,17H,8-11H2,1H3,(H2,24,28). The summed E-state index contributed by atoms with van der Waals surface area (Å²) in [7, 11) is 0. The van der Waals surface area contributed by atoms with E-state index in [0.29, 0.717) is 11.5 Å². The monoisotopic (exact) mass is 373 g/mol. The van der Waals surface area contributed by atoms with Gasteiger partial charge in [0.2, 0.25) is 11.8 Å². The van der Waals surface area contributed by atoms with Crippen molar-refractivity contribution in [2.24, 2.45) is 5.73 Å². The predicted molar refractivity (Wildman–Crippen MR) is 110 cm³/mol. The molecule has 0 saturated carbocycles. The van der Waals surface area contributed by atoms with Crippen LogP contribution in [0.4, 0.5) is 0 Å². The lowest BCUT2D eigenvalue weighted by Crippen LogP contribution is -2.36. The SMILES string of the molecule is CC(=O)N1CCC(c2ccc(-c3cncc4ccc(C(N)=O)cc34)cc2)CC1. The molecule has 0 bridgehead atoms. The highest BCUT2D eigenvalue weighted by molar-refractivity contribution is 6.02. The molecule has 5 heteroatoms. The highest BCUT2D eigenvalue weighted by Crippen LogP contribution is 2.32. The summed E-state index contributed by atoms with van der Waals surface area (Å²) in [6.07, 6.45) is 5.61. The second-order valence-corrected chi connectivity index (χ2v) is 7.39. The van der Waals surface area contributed by atoms with Crippen LogP contribution in [0.3, 0.4) is 0 Å². The maximum atomic E-state index is 11.6. The first kappa shape index (κ1) is 18.2. The second kappa shape index (κ2) is 7.43. The van der Waals surface area contributed by atoms with Crippen molar-refractivity contribution in [1.82, 2.24) is 9.88 Å². The van der Waals surface area contributed by atoms with Crippen molar-refractivity contribution in [3.63, 3.8) is 0 Å². The lowest BCUT2D eigenvalue weighted by molar-refractivity contribution is -0.129. The van der Waals surface area contributed by atoms with Gasteiger partial charge in [0.1, 0.15) is 0 Å². The number of nitrogens with two attached hydrogens (primary N) is 1. The predicted octanol–water partition coefficient (Wildman–Crippen LogP) is 3.73. The Morgan fingerprint density at radius 3 is 2.39 bits per heavy atom. The van der Waals surface area contributed by atoms with Gasteiger partial charge in [-0.15, -0.1) is 0 Å². The third-order valence-electron chi connectivity index (χ3n) is 5.68. The normalized spacial score (nSPS) is 15.0. The van der Waals surface area contributed by atoms with Gasteiger partial charge in [-0.3, -0.25) is 14.6 Å². The number of benzene rings is 2. The molecule has 5 nitrogen and oxygen atoms in total. The molecule has 0 spiro atoms. The molecule has 0 radical (unpaired) electrons. The van der Waals surface area contributed by atoms with Crippen molar-refractivity contribution < 1.29 is 9.59 Å². The first-order chi connectivity index (χ1) is 13.5. The number of pyridine rings is 1. The summed E-state index contributed by atoms with van der Waals surface area (Å²) < 4.78 is 0. The van der Waals surface area contributed by atoms with E-state index in [1.165, 1.54) is 5.56 Å². The summed E-state index contributed by atoms with van der Waals surface area (Å²) in [6, 6.07) is 14.0. The molecule has 1 fully saturated rings. The number of rotatable bonds is 3. The van der Waals surface area contributed by atoms with E-state index in [-0.39, 0.29) is 5.91 Å². The molecule has 142 valence electrons. The van der Waals surface area contributed by atoms with Crippen molar-refractivity contribution in [2.45, 2.75) is 25.7 Å². The molecule has 2 aromatic carbocycles. The van der Waals surface area contributed by atoms with Crippen LogP contribution in [0.2, 0.25) is 0 Å². The Kier molecular flexibility index (Phi) is 4.82. The largest absolute Gasteiger partial charge is 0.366 e. The first-order valence-electron chi connectivity index (χ1n) is 9.56. The quantitative estimate of drug-likeness (QED) is 0.760. The molecule has 2 amide bonds. The van der Waals surface area contributed by atoms with E-state index < -0.39 is 5.91 Å². The van der Waals surface area contributed by atoms with E-state index in [1.807, 2.05) is 23.2 Å². The highest BCUT2D eigenvalue weighted by atomic mass is 16.2. The number of hydrogen-bond donors (Lipinski definition) is 1. The second-order valence-electron chi connectivity index (χ2n) is 7.39. The Balaban J connectivity index is 1.62. The number of carbonyl (C=O) groups excluding carboxylic acids is 2. The third kappa shape index (κ3) is 3.48. The highest BCUT2D eigenvalue weighted by Gasteiger charge is 2.21. The Morgan fingerprint density at radius 2 is 1.75 bits per heavy atom. The molecule has 0 aliphatic carbocycles. The van der Waals surface area contributed by atoms with Crippen LogP contribution in [0.15, 0.2) is 54.9 Å². The summed E-state index contributed by atoms with van der Waals surface area (Å²) in [5, 5.41) is 1.94. The minimum atomic E-state index is -0.433. The van der Waals surface area contributed by atoms with Crippen molar-refractivity contribution >= 4 is 22.6 Å². The van der Waals surface area contributed by atoms with Gasteiger partial charge in [-0.2, -0.15) is 0 Å². The Morgan fingerprint density at radius 1 is 1.04 bits per heavy atom. The Bertz CT molecular complexity index is 1040. The zero-order chi connectivity index (χ0) is 19.7. The molecule has 2 heterocycles. The van der Waals surface area contributed by atoms with Crippen LogP contribution in [-0.2, 0) is 4.79 Å². The summed E-state index contributed by atoms with van der Waals surface area (Å²) in [4.78, 5) is 29.3. The fourth-order valence-corrected chi connectivity index (χ4v) is 4.01. The fourth-order valence-electron chi connectivity index (χ4n) is 4.01. The number of piperidine rings is 1. The maximum absolute atomic E-state index is 11.6. The molecule has 3 aromatic rings. The minimum absolute atomic E-state index is 0.160. The van der Waals surface area contributed by atoms with Gasteiger partial charge in [-0.1, -0.05) is 30.3 Å². The topological polar surface area (TPSA) is 76.3 Å². The zero-order valence-electron chi connectivity index (χ0n) is 15.9. The van der Waals surface area contributed by atoms with Gasteiger partial charge in [0.15, 0.2) is 0 Å². The fraction of sp³-hybridized carbons (Fsp3) is 0.261. The molecular weight excluding hydrogens is 350 g/mol. The van der Waals surface area contributed by atoms with Gasteiger partial charge >= 0.3 is 0 Å². The number of primary amides is 1. The average molecular weight is 373 g/mol. The van der Waals surface area contributed by atoms with Crippen molar-refractivity contribution in [3.8, 4) is 11.1 Å². The molecule has 1 saturated heterocycles. The minimum Gasteiger partial charge on any atom is -0.366 e. The summed E-state index contributed by atoms with van der Waals surface area (Å²) in [5.74, 6) is 0.209. The number of aromatic nitrogens is 1. The number of fused-ring (bicyclic) bond motifs is 1. The van der Waals surface area contributed by atoms with Crippen LogP contribution in [-0.4, -0.2) is 34.8 Å². The van der Waals surface area contributed by atoms with Crippen LogP contribution in [0.25, 0.3) is 21.9 Å². The Hall–Kier alpha value is -3.21. The van der Waals surface area contributed by atoms with Crippen LogP contribution >= 0.6 is 0 Å². The van der Waals surface area contributed by atoms with Crippen molar-refractivity contribution in [2.75, 3.05) is 13.1 Å². The Labute approximate surface area is 164 Å². The van der Waals surface area contributed by atoms with Crippen LogP contribution in [0, 0.1) is 0 Å². The van der Waals surface area contributed by atoms with Gasteiger partial charge < -0.3 is 10.6 Å². The first-order valence-corrected chi connectivity index (χ1v) is 9.56. The van der Waals surface area contributed by atoms with E-state index in [9.17, 15) is 9.59 Å². The van der Waals surface area contributed by atoms with E-state index in [0.717, 1.165) is 47.8 Å². The molecule has 1 aliphatic heterocycles. The van der Waals surface area contributed by atoms with Gasteiger partial charge in [0, 0.05) is 48.9 Å². The number of hydrogen-bond acceptors (Lipinski definition) is 3. The summed E-state index contributed by atoms with van der Waals surface area (Å²) in [5.41, 5.74) is 9.29. The van der Waals surface area contributed by atoms with Gasteiger partial charge in [0.25, 0.3) is 0 Å². The molecule has 2 N–H and O–H groups in total. The van der Waals surface area contributed by atoms with Crippen LogP contribution in [0.5, 0.6) is 0 Å². The van der Waals surface area contributed by atoms with Gasteiger partial charge in [0.05, 0.1) is 0 Å². The summed E-state index contributed by atoms with van der Waals surface area (Å²) in [6.45, 7) is 3.28. The average Bonchev–Trinajstić information content (AvgIpc) is 2.73. The lowest BCUT2D eigenvalue weighted by atomic mass is 9.88. The van der Waals surface area contributed by atoms with Gasteiger partial charge in [-0.25, -0.2) is 0 Å². The number of nitrogens with zero attached hydrogens (tertiary/aromatic N) is 2.